The Morgan fingerprint density at radius 1 is 1.00 bits per heavy atom. The van der Waals surface area contributed by atoms with E-state index in [4.69, 9.17) is 5.11 Å². The Labute approximate surface area is 133 Å². The molecule has 1 N–H and O–H groups in total. The van der Waals surface area contributed by atoms with Gasteiger partial charge in [-0.25, -0.2) is 4.68 Å². The van der Waals surface area contributed by atoms with Crippen LogP contribution in [-0.4, -0.2) is 31.3 Å². The zero-order valence-electron chi connectivity index (χ0n) is 13.8. The molecule has 1 heterocycles. The van der Waals surface area contributed by atoms with E-state index >= 15 is 0 Å². The predicted octanol–water partition coefficient (Wildman–Crippen LogP) is 3.61. The van der Waals surface area contributed by atoms with Crippen molar-refractivity contribution in [1.29, 1.82) is 0 Å². The smallest absolute Gasteiger partial charge is 0.303 e. The summed E-state index contributed by atoms with van der Waals surface area (Å²) in [6, 6.07) is 0. The van der Waals surface area contributed by atoms with Crippen molar-refractivity contribution in [1.82, 2.24) is 20.2 Å². The Hall–Kier alpha value is -1.46. The predicted molar refractivity (Wildman–Crippen MR) is 85.6 cm³/mol. The van der Waals surface area contributed by atoms with Crippen LogP contribution in [0.5, 0.6) is 0 Å². The molecule has 0 saturated heterocycles. The number of aromatic nitrogens is 4. The zero-order valence-corrected chi connectivity index (χ0v) is 13.8. The molecule has 0 radical (unpaired) electrons. The molecule has 0 amide bonds. The van der Waals surface area contributed by atoms with Crippen molar-refractivity contribution in [2.45, 2.75) is 90.5 Å². The highest BCUT2D eigenvalue weighted by Gasteiger charge is 2.07. The van der Waals surface area contributed by atoms with Crippen molar-refractivity contribution in [2.75, 3.05) is 0 Å². The van der Waals surface area contributed by atoms with Crippen LogP contribution in [0.1, 0.15) is 83.4 Å². The monoisotopic (exact) mass is 310 g/mol. The average Bonchev–Trinajstić information content (AvgIpc) is 2.94. The number of tetrazole rings is 1. The first-order valence-electron chi connectivity index (χ1n) is 8.71. The van der Waals surface area contributed by atoms with Gasteiger partial charge in [0.05, 0.1) is 6.42 Å². The molecule has 0 aromatic carbocycles. The Kier molecular flexibility index (Phi) is 10.2. The summed E-state index contributed by atoms with van der Waals surface area (Å²) in [6.45, 7) is 3.04. The fraction of sp³-hybridized carbons (Fsp3) is 0.875. The summed E-state index contributed by atoms with van der Waals surface area (Å²) < 4.78 is 1.74. The summed E-state index contributed by atoms with van der Waals surface area (Å²) in [7, 11) is 0. The Morgan fingerprint density at radius 3 is 2.18 bits per heavy atom. The molecule has 6 heteroatoms. The van der Waals surface area contributed by atoms with Gasteiger partial charge in [0.1, 0.15) is 0 Å². The second-order valence-corrected chi connectivity index (χ2v) is 5.89. The highest BCUT2D eigenvalue weighted by Crippen LogP contribution is 2.11. The summed E-state index contributed by atoms with van der Waals surface area (Å²) in [6.07, 6.45) is 13.5. The van der Waals surface area contributed by atoms with Gasteiger partial charge in [0, 0.05) is 13.0 Å². The lowest BCUT2D eigenvalue weighted by molar-refractivity contribution is -0.137. The van der Waals surface area contributed by atoms with Crippen LogP contribution in [0.4, 0.5) is 0 Å². The van der Waals surface area contributed by atoms with E-state index in [0.29, 0.717) is 12.2 Å². The van der Waals surface area contributed by atoms with Crippen molar-refractivity contribution in [3.05, 3.63) is 5.82 Å². The third-order valence-corrected chi connectivity index (χ3v) is 3.89. The van der Waals surface area contributed by atoms with E-state index in [9.17, 15) is 4.79 Å². The first-order chi connectivity index (χ1) is 10.7. The third kappa shape index (κ3) is 8.74. The molecule has 1 rings (SSSR count). The minimum Gasteiger partial charge on any atom is -0.481 e. The number of carbonyl (C=O) groups is 1. The van der Waals surface area contributed by atoms with Gasteiger partial charge in [-0.05, 0) is 16.8 Å². The van der Waals surface area contributed by atoms with Gasteiger partial charge >= 0.3 is 5.97 Å². The molecule has 0 fully saturated rings. The SMILES string of the molecule is CCCCCCCCCCCCn1nnnc1CCC(=O)O. The van der Waals surface area contributed by atoms with Crippen molar-refractivity contribution < 1.29 is 9.90 Å². The molecule has 6 nitrogen and oxygen atoms in total. The summed E-state index contributed by atoms with van der Waals surface area (Å²) in [5, 5.41) is 20.1. The van der Waals surface area contributed by atoms with Gasteiger partial charge in [0.2, 0.25) is 0 Å². The number of rotatable bonds is 14. The van der Waals surface area contributed by atoms with E-state index in [2.05, 4.69) is 22.4 Å². The molecule has 0 saturated carbocycles. The van der Waals surface area contributed by atoms with E-state index < -0.39 is 5.97 Å². The Balaban J connectivity index is 2.00. The molecule has 0 aliphatic carbocycles. The number of carboxylic acids is 1. The van der Waals surface area contributed by atoms with E-state index in [1.807, 2.05) is 0 Å². The summed E-state index contributed by atoms with van der Waals surface area (Å²) >= 11 is 0. The van der Waals surface area contributed by atoms with Gasteiger partial charge in [0.15, 0.2) is 5.82 Å². The maximum Gasteiger partial charge on any atom is 0.303 e. The number of hydrogen-bond acceptors (Lipinski definition) is 4. The largest absolute Gasteiger partial charge is 0.481 e. The van der Waals surface area contributed by atoms with Gasteiger partial charge in [-0.2, -0.15) is 0 Å². The minimum atomic E-state index is -0.812. The molecule has 126 valence electrons. The van der Waals surface area contributed by atoms with Gasteiger partial charge in [-0.15, -0.1) is 5.10 Å². The normalized spacial score (nSPS) is 11.0. The second-order valence-electron chi connectivity index (χ2n) is 5.89. The number of carboxylic acid groups (broad SMARTS) is 1. The van der Waals surface area contributed by atoms with Crippen LogP contribution in [0.15, 0.2) is 0 Å². The lowest BCUT2D eigenvalue weighted by Gasteiger charge is -2.04. The van der Waals surface area contributed by atoms with Crippen LogP contribution >= 0.6 is 0 Å². The molecular formula is C16H30N4O2. The molecule has 0 unspecified atom stereocenters. The molecule has 1 aromatic rings. The number of unbranched alkanes of at least 4 members (excludes halogenated alkanes) is 9. The first kappa shape index (κ1) is 18.6. The fourth-order valence-corrected chi connectivity index (χ4v) is 2.54. The number of aliphatic carboxylic acids is 1. The van der Waals surface area contributed by atoms with Crippen LogP contribution in [-0.2, 0) is 17.8 Å². The van der Waals surface area contributed by atoms with Crippen LogP contribution < -0.4 is 0 Å². The molecule has 0 atom stereocenters. The van der Waals surface area contributed by atoms with E-state index in [1.165, 1.54) is 57.8 Å². The molecule has 0 bridgehead atoms. The van der Waals surface area contributed by atoms with Crippen LogP contribution in [0.25, 0.3) is 0 Å². The van der Waals surface area contributed by atoms with Gasteiger partial charge in [-0.1, -0.05) is 64.7 Å². The topological polar surface area (TPSA) is 80.9 Å². The Morgan fingerprint density at radius 2 is 1.59 bits per heavy atom. The Bertz CT molecular complexity index is 407. The highest BCUT2D eigenvalue weighted by molar-refractivity contribution is 5.66. The summed E-state index contributed by atoms with van der Waals surface area (Å²) in [4.78, 5) is 10.6. The molecule has 0 spiro atoms. The van der Waals surface area contributed by atoms with Crippen molar-refractivity contribution in [3.63, 3.8) is 0 Å². The number of nitrogens with zero attached hydrogens (tertiary/aromatic N) is 4. The highest BCUT2D eigenvalue weighted by atomic mass is 16.4. The van der Waals surface area contributed by atoms with Crippen LogP contribution in [0, 0.1) is 0 Å². The quantitative estimate of drug-likeness (QED) is 0.531. The molecule has 0 aliphatic heterocycles. The maximum atomic E-state index is 10.6. The van der Waals surface area contributed by atoms with Crippen LogP contribution in [0.2, 0.25) is 0 Å². The standard InChI is InChI=1S/C16H30N4O2/c1-2-3-4-5-6-7-8-9-10-11-14-20-15(17-18-19-20)12-13-16(21)22/h2-14H2,1H3,(H,21,22). The van der Waals surface area contributed by atoms with Crippen molar-refractivity contribution in [2.24, 2.45) is 0 Å². The van der Waals surface area contributed by atoms with Crippen molar-refractivity contribution >= 4 is 5.97 Å². The zero-order chi connectivity index (χ0) is 16.0. The molecular weight excluding hydrogens is 280 g/mol. The third-order valence-electron chi connectivity index (χ3n) is 3.89. The van der Waals surface area contributed by atoms with E-state index in [-0.39, 0.29) is 6.42 Å². The lowest BCUT2D eigenvalue weighted by atomic mass is 10.1. The van der Waals surface area contributed by atoms with E-state index in [0.717, 1.165) is 13.0 Å². The van der Waals surface area contributed by atoms with Gasteiger partial charge in [-0.3, -0.25) is 4.79 Å². The first-order valence-corrected chi connectivity index (χ1v) is 8.71. The summed E-state index contributed by atoms with van der Waals surface area (Å²) in [5.41, 5.74) is 0. The fourth-order valence-electron chi connectivity index (χ4n) is 2.54. The maximum absolute atomic E-state index is 10.6. The van der Waals surface area contributed by atoms with Crippen LogP contribution in [0.3, 0.4) is 0 Å². The van der Waals surface area contributed by atoms with Gasteiger partial charge in [0.25, 0.3) is 0 Å². The molecule has 22 heavy (non-hydrogen) atoms. The number of hydrogen-bond donors (Lipinski definition) is 1. The minimum absolute atomic E-state index is 0.0818. The van der Waals surface area contributed by atoms with Crippen molar-refractivity contribution in [3.8, 4) is 0 Å². The lowest BCUT2D eigenvalue weighted by Crippen LogP contribution is -2.08. The number of aryl methyl sites for hydroxylation is 2. The average molecular weight is 310 g/mol. The second kappa shape index (κ2) is 12.1. The van der Waals surface area contributed by atoms with Gasteiger partial charge < -0.3 is 5.11 Å². The van der Waals surface area contributed by atoms with E-state index in [1.54, 1.807) is 4.68 Å². The molecule has 0 aliphatic rings. The summed E-state index contributed by atoms with van der Waals surface area (Å²) in [5.74, 6) is -0.133. The molecule has 1 aromatic heterocycles.